The SMILES string of the molecule is Cc1c(N=C2O[C@@](O[SiH3])(C(F)(F)F)C3=C(C(C)(C)C)CC(C)(C)N23)ccc(C#N)c1Cl. The Labute approximate surface area is 188 Å². The van der Waals surface area contributed by atoms with E-state index in [1.165, 1.54) is 11.0 Å². The fourth-order valence-corrected chi connectivity index (χ4v) is 4.79. The van der Waals surface area contributed by atoms with Gasteiger partial charge in [-0.2, -0.15) is 23.4 Å². The molecule has 1 atom stereocenters. The van der Waals surface area contributed by atoms with E-state index in [2.05, 4.69) is 4.99 Å². The first-order valence-electron chi connectivity index (χ1n) is 9.74. The molecule has 2 aliphatic rings. The largest absolute Gasteiger partial charge is 0.461 e. The summed E-state index contributed by atoms with van der Waals surface area (Å²) in [5.41, 5.74) is 0.393. The predicted molar refractivity (Wildman–Crippen MR) is 116 cm³/mol. The summed E-state index contributed by atoms with van der Waals surface area (Å²) < 4.78 is 54.0. The molecule has 31 heavy (non-hydrogen) atoms. The van der Waals surface area contributed by atoms with E-state index in [-0.39, 0.29) is 32.8 Å². The van der Waals surface area contributed by atoms with Crippen molar-refractivity contribution in [2.75, 3.05) is 0 Å². The Kier molecular flexibility index (Phi) is 5.53. The molecule has 0 aromatic heterocycles. The van der Waals surface area contributed by atoms with Gasteiger partial charge in [0, 0.05) is 5.54 Å². The highest BCUT2D eigenvalue weighted by Crippen LogP contribution is 2.57. The van der Waals surface area contributed by atoms with Crippen LogP contribution in [0, 0.1) is 23.7 Å². The van der Waals surface area contributed by atoms with Gasteiger partial charge < -0.3 is 9.16 Å². The Balaban J connectivity index is 2.31. The second kappa shape index (κ2) is 7.25. The summed E-state index contributed by atoms with van der Waals surface area (Å²) in [6.07, 6.45) is -4.40. The molecule has 0 aliphatic carbocycles. The van der Waals surface area contributed by atoms with Gasteiger partial charge in [-0.05, 0) is 55.9 Å². The number of rotatable bonds is 2. The number of benzene rings is 1. The van der Waals surface area contributed by atoms with Gasteiger partial charge in [0.05, 0.1) is 16.3 Å². The molecular weight excluding hydrogens is 447 g/mol. The van der Waals surface area contributed by atoms with Gasteiger partial charge in [-0.15, -0.1) is 0 Å². The van der Waals surface area contributed by atoms with E-state index in [1.54, 1.807) is 13.0 Å². The quantitative estimate of drug-likeness (QED) is 0.577. The molecule has 168 valence electrons. The van der Waals surface area contributed by atoms with Crippen molar-refractivity contribution in [2.45, 2.75) is 65.5 Å². The number of hydrogen-bond donors (Lipinski definition) is 0. The molecule has 0 bridgehead atoms. The van der Waals surface area contributed by atoms with Crippen LogP contribution in [-0.2, 0) is 9.16 Å². The van der Waals surface area contributed by atoms with Crippen LogP contribution in [0.25, 0.3) is 0 Å². The van der Waals surface area contributed by atoms with E-state index < -0.39 is 22.9 Å². The molecule has 1 aromatic carbocycles. The first-order valence-corrected chi connectivity index (χ1v) is 10.9. The minimum Gasteiger partial charge on any atom is -0.417 e. The zero-order valence-corrected chi connectivity index (χ0v) is 21.3. The number of fused-ring (bicyclic) bond motifs is 1. The molecule has 0 unspecified atom stereocenters. The number of ether oxygens (including phenoxy) is 1. The highest BCUT2D eigenvalue weighted by Gasteiger charge is 2.71. The second-order valence-electron chi connectivity index (χ2n) is 9.40. The number of halogens is 4. The predicted octanol–water partition coefficient (Wildman–Crippen LogP) is 4.88. The molecule has 2 heterocycles. The van der Waals surface area contributed by atoms with Crippen molar-refractivity contribution < 1.29 is 22.3 Å². The van der Waals surface area contributed by atoms with Crippen LogP contribution < -0.4 is 0 Å². The van der Waals surface area contributed by atoms with Gasteiger partial charge in [-0.3, -0.25) is 4.90 Å². The van der Waals surface area contributed by atoms with Crippen LogP contribution in [-0.4, -0.2) is 38.9 Å². The topological polar surface area (TPSA) is 57.9 Å². The summed E-state index contributed by atoms with van der Waals surface area (Å²) in [5.74, 6) is -2.90. The Morgan fingerprint density at radius 1 is 1.29 bits per heavy atom. The van der Waals surface area contributed by atoms with Crippen molar-refractivity contribution in [1.82, 2.24) is 4.90 Å². The summed E-state index contributed by atoms with van der Waals surface area (Å²) in [6.45, 7) is 11.0. The number of amidine groups is 1. The standard InChI is InChI=1S/C21H25ClF3N3O2Si/c1-11-14(8-7-12(10-26)15(11)22)27-17-28-16(20(29-17,30-31)21(23,24)25)13(18(2,3)4)9-19(28,5)6/h7-8H,9H2,1-6,31H3/t20-/m0/s1. The lowest BCUT2D eigenvalue weighted by molar-refractivity contribution is -0.303. The average Bonchev–Trinajstić information content (AvgIpc) is 3.13. The molecule has 0 amide bonds. The summed E-state index contributed by atoms with van der Waals surface area (Å²) in [4.78, 5) is 5.94. The second-order valence-corrected chi connectivity index (χ2v) is 10.2. The van der Waals surface area contributed by atoms with Crippen LogP contribution in [0.3, 0.4) is 0 Å². The van der Waals surface area contributed by atoms with Crippen molar-refractivity contribution >= 4 is 33.8 Å². The molecule has 1 saturated heterocycles. The molecule has 1 fully saturated rings. The maximum absolute atomic E-state index is 14.4. The van der Waals surface area contributed by atoms with E-state index in [0.717, 1.165) is 0 Å². The Bertz CT molecular complexity index is 1040. The summed E-state index contributed by atoms with van der Waals surface area (Å²) in [6, 6.07) is 4.81. The zero-order chi connectivity index (χ0) is 23.6. The smallest absolute Gasteiger partial charge is 0.417 e. The van der Waals surface area contributed by atoms with Crippen LogP contribution in [0.2, 0.25) is 5.02 Å². The molecule has 0 radical (unpaired) electrons. The molecule has 5 nitrogen and oxygen atoms in total. The van der Waals surface area contributed by atoms with Gasteiger partial charge in [0.25, 0.3) is 0 Å². The number of hydrogen-bond acceptors (Lipinski definition) is 4. The lowest BCUT2D eigenvalue weighted by Crippen LogP contribution is -2.50. The van der Waals surface area contributed by atoms with Crippen molar-refractivity contribution in [1.29, 1.82) is 5.26 Å². The van der Waals surface area contributed by atoms with Crippen molar-refractivity contribution in [3.8, 4) is 6.07 Å². The van der Waals surface area contributed by atoms with E-state index in [9.17, 15) is 13.2 Å². The molecule has 2 aliphatic heterocycles. The molecule has 0 saturated carbocycles. The molecule has 3 rings (SSSR count). The van der Waals surface area contributed by atoms with Gasteiger partial charge in [0.1, 0.15) is 11.8 Å². The minimum absolute atomic E-state index is 0.0383. The van der Waals surface area contributed by atoms with Gasteiger partial charge in [-0.1, -0.05) is 32.4 Å². The van der Waals surface area contributed by atoms with Crippen LogP contribution >= 0.6 is 11.6 Å². The number of alkyl halides is 3. The van der Waals surface area contributed by atoms with E-state index in [0.29, 0.717) is 23.2 Å². The third-order valence-electron chi connectivity index (χ3n) is 5.72. The van der Waals surface area contributed by atoms with E-state index in [1.807, 2.05) is 40.7 Å². The van der Waals surface area contributed by atoms with Gasteiger partial charge in [0.15, 0.2) is 10.5 Å². The maximum Gasteiger partial charge on any atom is 0.461 e. The minimum atomic E-state index is -4.81. The Hall–Kier alpha value is -2.02. The van der Waals surface area contributed by atoms with Crippen LogP contribution in [0.4, 0.5) is 18.9 Å². The summed E-state index contributed by atoms with van der Waals surface area (Å²) in [5, 5.41) is 9.36. The van der Waals surface area contributed by atoms with E-state index >= 15 is 0 Å². The lowest BCUT2D eigenvalue weighted by atomic mass is 9.80. The van der Waals surface area contributed by atoms with Gasteiger partial charge in [0.2, 0.25) is 0 Å². The Morgan fingerprint density at radius 2 is 1.90 bits per heavy atom. The number of aliphatic imine (C=N–C) groups is 1. The molecule has 1 aromatic rings. The van der Waals surface area contributed by atoms with Gasteiger partial charge in [-0.25, -0.2) is 0 Å². The van der Waals surface area contributed by atoms with Crippen LogP contribution in [0.15, 0.2) is 28.4 Å². The zero-order valence-electron chi connectivity index (χ0n) is 18.5. The monoisotopic (exact) mass is 471 g/mol. The lowest BCUT2D eigenvalue weighted by Gasteiger charge is -2.32. The maximum atomic E-state index is 14.4. The van der Waals surface area contributed by atoms with Gasteiger partial charge >= 0.3 is 18.0 Å². The first kappa shape index (κ1) is 23.6. The number of nitriles is 1. The average molecular weight is 472 g/mol. The fraction of sp³-hybridized carbons (Fsp3) is 0.524. The molecule has 0 spiro atoms. The van der Waals surface area contributed by atoms with Crippen molar-refractivity contribution in [3.63, 3.8) is 0 Å². The fourth-order valence-electron chi connectivity index (χ4n) is 4.08. The first-order chi connectivity index (χ1) is 14.1. The molecule has 10 heteroatoms. The summed E-state index contributed by atoms with van der Waals surface area (Å²) in [7, 11) is -0.198. The molecular formula is C21H25ClF3N3O2Si. The third-order valence-corrected chi connectivity index (χ3v) is 6.78. The highest BCUT2D eigenvalue weighted by molar-refractivity contribution is 6.32. The Morgan fingerprint density at radius 3 is 2.39 bits per heavy atom. The van der Waals surface area contributed by atoms with Crippen LogP contribution in [0.1, 0.15) is 52.2 Å². The number of nitrogens with zero attached hydrogens (tertiary/aromatic N) is 3. The molecule has 0 N–H and O–H groups in total. The highest BCUT2D eigenvalue weighted by atomic mass is 35.5. The summed E-state index contributed by atoms with van der Waals surface area (Å²) >= 11 is 6.24. The van der Waals surface area contributed by atoms with Crippen LogP contribution in [0.5, 0.6) is 0 Å². The van der Waals surface area contributed by atoms with Crippen molar-refractivity contribution in [3.05, 3.63) is 39.6 Å². The normalized spacial score (nSPS) is 24.5. The third kappa shape index (κ3) is 3.54. The van der Waals surface area contributed by atoms with E-state index in [4.69, 9.17) is 26.0 Å². The van der Waals surface area contributed by atoms with Crippen molar-refractivity contribution in [2.24, 2.45) is 10.4 Å².